The lowest BCUT2D eigenvalue weighted by molar-refractivity contribution is -0.126. The van der Waals surface area contributed by atoms with Gasteiger partial charge in [-0.3, -0.25) is 4.79 Å². The Bertz CT molecular complexity index is 243. The predicted octanol–water partition coefficient (Wildman–Crippen LogP) is 5.00. The van der Waals surface area contributed by atoms with Crippen molar-refractivity contribution < 1.29 is 9.53 Å². The molecule has 2 nitrogen and oxygen atoms in total. The van der Waals surface area contributed by atoms with Gasteiger partial charge in [-0.1, -0.05) is 48.0 Å². The van der Waals surface area contributed by atoms with E-state index in [1.54, 1.807) is 0 Å². The molecule has 0 aliphatic rings. The lowest BCUT2D eigenvalue weighted by Crippen LogP contribution is -2.19. The van der Waals surface area contributed by atoms with Crippen molar-refractivity contribution in [1.29, 1.82) is 0 Å². The van der Waals surface area contributed by atoms with Crippen LogP contribution in [0.5, 0.6) is 0 Å². The summed E-state index contributed by atoms with van der Waals surface area (Å²) in [6, 6.07) is 0. The van der Waals surface area contributed by atoms with Crippen LogP contribution in [0.25, 0.3) is 0 Å². The normalized spacial score (nSPS) is 12.7. The fourth-order valence-electron chi connectivity index (χ4n) is 1.83. The standard InChI is InChI=1S/C17H34O2/c1-16(2,3)12-8-10-14-19-13-9-7-11-15(18)17(4,5)6/h7-14H2,1-6H3. The molecule has 0 bridgehead atoms. The van der Waals surface area contributed by atoms with Gasteiger partial charge in [-0.25, -0.2) is 0 Å². The van der Waals surface area contributed by atoms with Crippen molar-refractivity contribution in [2.24, 2.45) is 10.8 Å². The number of carbonyl (C=O) groups is 1. The Hall–Kier alpha value is -0.370. The van der Waals surface area contributed by atoms with Gasteiger partial charge in [0.2, 0.25) is 0 Å². The van der Waals surface area contributed by atoms with Gasteiger partial charge in [0.1, 0.15) is 5.78 Å². The highest BCUT2D eigenvalue weighted by Gasteiger charge is 2.19. The Morgan fingerprint density at radius 2 is 1.37 bits per heavy atom. The molecule has 0 saturated heterocycles. The molecule has 0 aromatic carbocycles. The summed E-state index contributed by atoms with van der Waals surface area (Å²) in [4.78, 5) is 11.7. The summed E-state index contributed by atoms with van der Waals surface area (Å²) in [6.45, 7) is 14.5. The van der Waals surface area contributed by atoms with E-state index < -0.39 is 0 Å². The third-order valence-electron chi connectivity index (χ3n) is 3.24. The highest BCUT2D eigenvalue weighted by atomic mass is 16.5. The van der Waals surface area contributed by atoms with E-state index in [2.05, 4.69) is 20.8 Å². The van der Waals surface area contributed by atoms with Crippen LogP contribution < -0.4 is 0 Å². The number of unbranched alkanes of at least 4 members (excludes halogenated alkanes) is 2. The Labute approximate surface area is 120 Å². The van der Waals surface area contributed by atoms with Crippen LogP contribution in [0, 0.1) is 10.8 Å². The van der Waals surface area contributed by atoms with E-state index in [0.717, 1.165) is 32.5 Å². The number of rotatable bonds is 9. The van der Waals surface area contributed by atoms with Gasteiger partial charge in [0.25, 0.3) is 0 Å². The number of Topliss-reactive ketones (excluding diaryl/α,β-unsaturated/α-hetero) is 1. The Morgan fingerprint density at radius 3 is 1.84 bits per heavy atom. The molecule has 0 heterocycles. The average Bonchev–Trinajstić information content (AvgIpc) is 2.23. The molecular formula is C17H34O2. The highest BCUT2D eigenvalue weighted by molar-refractivity contribution is 5.83. The van der Waals surface area contributed by atoms with Gasteiger partial charge in [-0.05, 0) is 31.1 Å². The molecule has 0 amide bonds. The van der Waals surface area contributed by atoms with E-state index in [-0.39, 0.29) is 5.41 Å². The van der Waals surface area contributed by atoms with Crippen LogP contribution in [0.3, 0.4) is 0 Å². The number of hydrogen-bond acceptors (Lipinski definition) is 2. The first-order chi connectivity index (χ1) is 8.63. The van der Waals surface area contributed by atoms with Gasteiger partial charge >= 0.3 is 0 Å². The summed E-state index contributed by atoms with van der Waals surface area (Å²) in [6.07, 6.45) is 6.30. The fourth-order valence-corrected chi connectivity index (χ4v) is 1.83. The zero-order chi connectivity index (χ0) is 14.9. The van der Waals surface area contributed by atoms with Gasteiger partial charge in [-0.15, -0.1) is 0 Å². The summed E-state index contributed by atoms with van der Waals surface area (Å²) in [5.41, 5.74) is 0.251. The summed E-state index contributed by atoms with van der Waals surface area (Å²) in [5.74, 6) is 0.359. The third-order valence-corrected chi connectivity index (χ3v) is 3.24. The zero-order valence-electron chi connectivity index (χ0n) is 14.0. The topological polar surface area (TPSA) is 26.3 Å². The van der Waals surface area contributed by atoms with E-state index in [1.807, 2.05) is 20.8 Å². The zero-order valence-corrected chi connectivity index (χ0v) is 14.0. The minimum atomic E-state index is -0.187. The molecule has 0 fully saturated rings. The molecule has 0 radical (unpaired) electrons. The van der Waals surface area contributed by atoms with Crippen molar-refractivity contribution in [1.82, 2.24) is 0 Å². The summed E-state index contributed by atoms with van der Waals surface area (Å²) < 4.78 is 5.60. The van der Waals surface area contributed by atoms with Crippen LogP contribution in [-0.4, -0.2) is 19.0 Å². The van der Waals surface area contributed by atoms with E-state index in [4.69, 9.17) is 4.74 Å². The second-order valence-corrected chi connectivity index (χ2v) is 7.76. The van der Waals surface area contributed by atoms with Gasteiger partial charge in [0.05, 0.1) is 0 Å². The number of hydrogen-bond donors (Lipinski definition) is 0. The average molecular weight is 270 g/mol. The molecule has 0 N–H and O–H groups in total. The summed E-state index contributed by atoms with van der Waals surface area (Å²) in [5, 5.41) is 0. The molecule has 114 valence electrons. The lowest BCUT2D eigenvalue weighted by atomic mass is 9.88. The molecule has 0 unspecified atom stereocenters. The number of carbonyl (C=O) groups excluding carboxylic acids is 1. The Morgan fingerprint density at radius 1 is 0.842 bits per heavy atom. The molecule has 0 aromatic heterocycles. The van der Waals surface area contributed by atoms with Crippen LogP contribution in [-0.2, 0) is 9.53 Å². The maximum Gasteiger partial charge on any atom is 0.138 e. The Kier molecular flexibility index (Phi) is 8.56. The molecule has 0 spiro atoms. The first kappa shape index (κ1) is 18.6. The maximum atomic E-state index is 11.7. The quantitative estimate of drug-likeness (QED) is 0.551. The van der Waals surface area contributed by atoms with E-state index >= 15 is 0 Å². The van der Waals surface area contributed by atoms with Gasteiger partial charge in [0, 0.05) is 25.0 Å². The Balaban J connectivity index is 3.31. The SMILES string of the molecule is CC(C)(C)CCCCOCCCCC(=O)C(C)(C)C. The van der Waals surface area contributed by atoms with Crippen LogP contribution in [0.1, 0.15) is 80.1 Å². The molecule has 19 heavy (non-hydrogen) atoms. The van der Waals surface area contributed by atoms with Crippen molar-refractivity contribution in [3.8, 4) is 0 Å². The van der Waals surface area contributed by atoms with E-state index in [0.29, 0.717) is 17.6 Å². The minimum Gasteiger partial charge on any atom is -0.381 e. The first-order valence-corrected chi connectivity index (χ1v) is 7.74. The van der Waals surface area contributed by atoms with Gasteiger partial charge < -0.3 is 4.74 Å². The fraction of sp³-hybridized carbons (Fsp3) is 0.941. The van der Waals surface area contributed by atoms with Crippen LogP contribution in [0.2, 0.25) is 0 Å². The molecule has 0 saturated carbocycles. The highest BCUT2D eigenvalue weighted by Crippen LogP contribution is 2.21. The van der Waals surface area contributed by atoms with Gasteiger partial charge in [-0.2, -0.15) is 0 Å². The minimum absolute atomic E-state index is 0.187. The molecule has 2 heteroatoms. The predicted molar refractivity (Wildman–Crippen MR) is 82.4 cm³/mol. The van der Waals surface area contributed by atoms with Crippen molar-refractivity contribution in [2.75, 3.05) is 13.2 Å². The monoisotopic (exact) mass is 270 g/mol. The number of ketones is 1. The lowest BCUT2D eigenvalue weighted by Gasteiger charge is -2.17. The molecular weight excluding hydrogens is 236 g/mol. The van der Waals surface area contributed by atoms with Crippen molar-refractivity contribution in [3.63, 3.8) is 0 Å². The second-order valence-electron chi connectivity index (χ2n) is 7.76. The van der Waals surface area contributed by atoms with Crippen molar-refractivity contribution in [2.45, 2.75) is 80.1 Å². The smallest absolute Gasteiger partial charge is 0.138 e. The largest absolute Gasteiger partial charge is 0.381 e. The van der Waals surface area contributed by atoms with Crippen LogP contribution >= 0.6 is 0 Å². The van der Waals surface area contributed by atoms with Gasteiger partial charge in [0.15, 0.2) is 0 Å². The van der Waals surface area contributed by atoms with E-state index in [9.17, 15) is 4.79 Å². The van der Waals surface area contributed by atoms with Crippen molar-refractivity contribution >= 4 is 5.78 Å². The maximum absolute atomic E-state index is 11.7. The molecule has 0 aliphatic carbocycles. The second kappa shape index (κ2) is 8.73. The molecule has 0 atom stereocenters. The van der Waals surface area contributed by atoms with Crippen molar-refractivity contribution in [3.05, 3.63) is 0 Å². The third kappa shape index (κ3) is 12.4. The molecule has 0 rings (SSSR count). The van der Waals surface area contributed by atoms with Crippen LogP contribution in [0.15, 0.2) is 0 Å². The summed E-state index contributed by atoms with van der Waals surface area (Å²) in [7, 11) is 0. The molecule has 0 aliphatic heterocycles. The summed E-state index contributed by atoms with van der Waals surface area (Å²) >= 11 is 0. The molecule has 0 aromatic rings. The van der Waals surface area contributed by atoms with E-state index in [1.165, 1.54) is 12.8 Å². The first-order valence-electron chi connectivity index (χ1n) is 7.74. The van der Waals surface area contributed by atoms with Crippen LogP contribution in [0.4, 0.5) is 0 Å². The number of ether oxygens (including phenoxy) is 1.